The molecule has 0 aromatic carbocycles. The molecule has 5 rings (SSSR count). The van der Waals surface area contributed by atoms with Gasteiger partial charge in [-0.05, 0) is 137 Å². The number of carboxylic acid groups (broad SMARTS) is 2. The molecule has 0 radical (unpaired) electrons. The molecule has 5 heterocycles. The number of nitrogens with one attached hydrogen (secondary N) is 4. The van der Waals surface area contributed by atoms with Gasteiger partial charge in [0.2, 0.25) is 0 Å². The molecule has 8 bridgehead atoms. The minimum Gasteiger partial charge on any atom is -0.481 e. The smallest absolute Gasteiger partial charge is 0.303 e. The van der Waals surface area contributed by atoms with Crippen molar-refractivity contribution in [2.24, 2.45) is 5.73 Å². The fourth-order valence-corrected chi connectivity index (χ4v) is 9.85. The van der Waals surface area contributed by atoms with Crippen LogP contribution in [0.5, 0.6) is 0 Å². The second kappa shape index (κ2) is 23.9. The molecule has 11 heteroatoms. The predicted octanol–water partition coefficient (Wildman–Crippen LogP) is 7.96. The Labute approximate surface area is 374 Å². The van der Waals surface area contributed by atoms with Gasteiger partial charge in [0.25, 0.3) is 0 Å². The van der Waals surface area contributed by atoms with Crippen LogP contribution in [0.25, 0.3) is 23.8 Å². The summed E-state index contributed by atoms with van der Waals surface area (Å²) in [6, 6.07) is 0. The Morgan fingerprint density at radius 2 is 0.984 bits per heavy atom. The van der Waals surface area contributed by atoms with Gasteiger partial charge in [-0.2, -0.15) is 0 Å². The highest BCUT2D eigenvalue weighted by Gasteiger charge is 2.24. The predicted molar refractivity (Wildman–Crippen MR) is 255 cm³/mol. The first-order valence-corrected chi connectivity index (χ1v) is 24.0. The largest absolute Gasteiger partial charge is 0.481 e. The first-order valence-electron chi connectivity index (χ1n) is 24.0. The third kappa shape index (κ3) is 13.0. The first kappa shape index (κ1) is 49.4. The number of aromatic amines is 4. The molecule has 10 N–H and O–H groups in total. The van der Waals surface area contributed by atoms with Gasteiger partial charge < -0.3 is 46.1 Å². The molecule has 1 aliphatic rings. The van der Waals surface area contributed by atoms with Crippen LogP contribution >= 0.6 is 0 Å². The van der Waals surface area contributed by atoms with E-state index in [9.17, 15) is 30.0 Å². The van der Waals surface area contributed by atoms with Gasteiger partial charge in [0, 0.05) is 68.1 Å². The number of carbonyl (C=O) groups is 2. The monoisotopic (exact) mass is 868 g/mol. The lowest BCUT2D eigenvalue weighted by Crippen LogP contribution is -2.19. The van der Waals surface area contributed by atoms with E-state index in [-0.39, 0.29) is 12.8 Å². The van der Waals surface area contributed by atoms with Crippen molar-refractivity contribution in [3.8, 4) is 0 Å². The van der Waals surface area contributed by atoms with Crippen LogP contribution in [-0.2, 0) is 22.4 Å². The van der Waals surface area contributed by atoms with Crippen LogP contribution in [0, 0.1) is 27.7 Å². The van der Waals surface area contributed by atoms with E-state index in [1.807, 2.05) is 39.8 Å². The second-order valence-corrected chi connectivity index (χ2v) is 18.3. The number of carboxylic acids is 2. The lowest BCUT2D eigenvalue weighted by Gasteiger charge is -2.12. The van der Waals surface area contributed by atoms with Gasteiger partial charge in [0.05, 0.1) is 12.2 Å². The molecule has 346 valence electrons. The lowest BCUT2D eigenvalue weighted by molar-refractivity contribution is -0.138. The molecule has 0 aliphatic carbocycles. The molecule has 4 aromatic rings. The summed E-state index contributed by atoms with van der Waals surface area (Å²) in [7, 11) is 0. The standard InChI is InChI=1S/C52H77N5O6/c1-32-38(24-26-47(60)61)44-31-45-39(25-27-48(62)63)33(2)42(55-45)30-46-49(36(5)58)35(4)51(57-46)40(52-50(37(6)59)34(3)43(56-52)29-41(32)54-44)23-21-19-17-15-13-11-9-7-8-10-12-14-16-18-20-22-28-53/h29-31,36-37,54-59H,7-28,53H2,1-6H3,(H,60,61)(H,62,63). The van der Waals surface area contributed by atoms with Crippen LogP contribution in [0.1, 0.15) is 215 Å². The molecule has 1 aliphatic heterocycles. The Bertz CT molecular complexity index is 2400. The second-order valence-electron chi connectivity index (χ2n) is 18.3. The maximum Gasteiger partial charge on any atom is 0.303 e. The molecule has 11 nitrogen and oxygen atoms in total. The van der Waals surface area contributed by atoms with Crippen molar-refractivity contribution < 1.29 is 30.0 Å². The maximum absolute atomic E-state index is 11.8. The number of unbranched alkanes of at least 4 members (excludes halogenated alkanes) is 15. The Morgan fingerprint density at radius 1 is 0.508 bits per heavy atom. The highest BCUT2D eigenvalue weighted by atomic mass is 16.4. The zero-order valence-electron chi connectivity index (χ0n) is 39.1. The van der Waals surface area contributed by atoms with Gasteiger partial charge in [-0.3, -0.25) is 9.59 Å². The van der Waals surface area contributed by atoms with Gasteiger partial charge in [0.15, 0.2) is 0 Å². The van der Waals surface area contributed by atoms with E-state index < -0.39 is 24.1 Å². The Morgan fingerprint density at radius 3 is 1.51 bits per heavy atom. The minimum atomic E-state index is -0.890. The average Bonchev–Trinajstić information content (AvgIpc) is 3.91. The number of aliphatic hydroxyl groups excluding tert-OH is 2. The minimum absolute atomic E-state index is 0.0444. The van der Waals surface area contributed by atoms with Gasteiger partial charge >= 0.3 is 11.9 Å². The summed E-state index contributed by atoms with van der Waals surface area (Å²) >= 11 is 0. The zero-order chi connectivity index (χ0) is 45.6. The number of rotatable bonds is 26. The summed E-state index contributed by atoms with van der Waals surface area (Å²) < 4.78 is 0. The van der Waals surface area contributed by atoms with E-state index in [0.717, 1.165) is 126 Å². The number of hydrogen-bond donors (Lipinski definition) is 9. The first-order chi connectivity index (χ1) is 30.2. The summed E-state index contributed by atoms with van der Waals surface area (Å²) in [5, 5.41) is 45.4. The Balaban J connectivity index is 1.50. The number of fused-ring (bicyclic) bond motifs is 8. The molecule has 0 amide bonds. The number of hydrogen-bond acceptors (Lipinski definition) is 5. The van der Waals surface area contributed by atoms with Crippen molar-refractivity contribution in [3.05, 3.63) is 88.7 Å². The molecule has 2 atom stereocenters. The Hall–Kier alpha value is -4.58. The third-order valence-corrected chi connectivity index (χ3v) is 13.4. The number of nitrogens with two attached hydrogens (primary N) is 1. The number of aliphatic carboxylic acids is 2. The SMILES string of the molecule is Cc1c2[nH]c(c1CCC(=O)O)C=c1[nH]c(c(C)c1CCC(=O)O)=Cc1[nH]c(c(C)c1C(C)O)C(CCCCCCCCCCCCCCCCCCN)=c1[nH]c(c(C)c1C(C)O)=C2. The highest BCUT2D eigenvalue weighted by molar-refractivity contribution is 5.72. The van der Waals surface area contributed by atoms with Gasteiger partial charge in [-0.25, -0.2) is 0 Å². The summed E-state index contributed by atoms with van der Waals surface area (Å²) in [5.74, 6) is -1.78. The van der Waals surface area contributed by atoms with Gasteiger partial charge in [-0.1, -0.05) is 89.9 Å². The van der Waals surface area contributed by atoms with Crippen LogP contribution in [-0.4, -0.2) is 58.8 Å². The van der Waals surface area contributed by atoms with E-state index in [4.69, 9.17) is 5.73 Å². The van der Waals surface area contributed by atoms with E-state index in [1.165, 1.54) is 83.5 Å². The van der Waals surface area contributed by atoms with Crippen molar-refractivity contribution in [3.63, 3.8) is 0 Å². The van der Waals surface area contributed by atoms with Crippen LogP contribution in [0.4, 0.5) is 0 Å². The van der Waals surface area contributed by atoms with Crippen molar-refractivity contribution in [1.29, 1.82) is 0 Å². The summed E-state index contributed by atoms with van der Waals surface area (Å²) in [5.41, 5.74) is 17.0. The summed E-state index contributed by atoms with van der Waals surface area (Å²) in [4.78, 5) is 38.3. The van der Waals surface area contributed by atoms with Crippen molar-refractivity contribution >= 4 is 35.7 Å². The van der Waals surface area contributed by atoms with Crippen LogP contribution in [0.2, 0.25) is 0 Å². The van der Waals surface area contributed by atoms with E-state index in [1.54, 1.807) is 6.92 Å². The summed E-state index contributed by atoms with van der Waals surface area (Å²) in [6.45, 7) is 12.5. The summed E-state index contributed by atoms with van der Waals surface area (Å²) in [6.07, 6.45) is 25.9. The molecule has 0 saturated heterocycles. The van der Waals surface area contributed by atoms with Crippen LogP contribution in [0.3, 0.4) is 0 Å². The van der Waals surface area contributed by atoms with E-state index in [2.05, 4.69) is 32.9 Å². The zero-order valence-corrected chi connectivity index (χ0v) is 39.1. The molecule has 4 aromatic heterocycles. The molecular weight excluding hydrogens is 791 g/mol. The molecule has 63 heavy (non-hydrogen) atoms. The van der Waals surface area contributed by atoms with Gasteiger partial charge in [-0.15, -0.1) is 0 Å². The van der Waals surface area contributed by atoms with Gasteiger partial charge in [0.1, 0.15) is 0 Å². The van der Waals surface area contributed by atoms with Crippen LogP contribution < -0.4 is 27.1 Å². The van der Waals surface area contributed by atoms with E-state index >= 15 is 0 Å². The quantitative estimate of drug-likeness (QED) is 0.0285. The fourth-order valence-electron chi connectivity index (χ4n) is 9.85. The molecule has 0 saturated carbocycles. The van der Waals surface area contributed by atoms with E-state index in [0.29, 0.717) is 12.8 Å². The number of aliphatic hydroxyl groups is 2. The third-order valence-electron chi connectivity index (χ3n) is 13.4. The average molecular weight is 868 g/mol. The van der Waals surface area contributed by atoms with Crippen molar-refractivity contribution in [1.82, 2.24) is 19.9 Å². The molecule has 0 spiro atoms. The Kier molecular flexibility index (Phi) is 18.8. The number of aromatic nitrogens is 4. The molecule has 0 fully saturated rings. The van der Waals surface area contributed by atoms with Crippen molar-refractivity contribution in [2.45, 2.75) is 189 Å². The molecule has 2 unspecified atom stereocenters. The highest BCUT2D eigenvalue weighted by Crippen LogP contribution is 2.32. The maximum atomic E-state index is 11.8. The van der Waals surface area contributed by atoms with Crippen molar-refractivity contribution in [2.75, 3.05) is 6.54 Å². The molecular formula is C52H77N5O6. The lowest BCUT2D eigenvalue weighted by atomic mass is 9.95. The number of H-pyrrole nitrogens is 4. The fraction of sp³-hybridized carbons (Fsp3) is 0.577. The normalized spacial score (nSPS) is 13.4. The topological polar surface area (TPSA) is 204 Å². The van der Waals surface area contributed by atoms with Crippen LogP contribution in [0.15, 0.2) is 0 Å².